The van der Waals surface area contributed by atoms with E-state index in [4.69, 9.17) is 10.5 Å². The van der Waals surface area contributed by atoms with E-state index in [2.05, 4.69) is 5.32 Å². The van der Waals surface area contributed by atoms with Crippen LogP contribution in [0.15, 0.2) is 24.3 Å². The third-order valence-corrected chi connectivity index (χ3v) is 3.46. The second-order valence-corrected chi connectivity index (χ2v) is 4.82. The van der Waals surface area contributed by atoms with Gasteiger partial charge in [0, 0.05) is 19.8 Å². The zero-order valence-corrected chi connectivity index (χ0v) is 10.8. The molecule has 104 valence electrons. The average molecular weight is 266 g/mol. The molecule has 4 nitrogen and oxygen atoms in total. The molecule has 1 atom stereocenters. The van der Waals surface area contributed by atoms with Crippen LogP contribution in [0.2, 0.25) is 0 Å². The van der Waals surface area contributed by atoms with Gasteiger partial charge in [-0.15, -0.1) is 0 Å². The number of nitrogens with two attached hydrogens (primary N) is 1. The third kappa shape index (κ3) is 4.01. The molecule has 0 radical (unpaired) electrons. The molecular weight excluding hydrogens is 247 g/mol. The number of benzene rings is 1. The van der Waals surface area contributed by atoms with E-state index >= 15 is 0 Å². The Balaban J connectivity index is 1.81. The Hall–Kier alpha value is -1.46. The fraction of sp³-hybridized carbons (Fsp3) is 0.500. The van der Waals surface area contributed by atoms with E-state index in [0.717, 1.165) is 18.4 Å². The molecule has 5 heteroatoms. The van der Waals surface area contributed by atoms with Crippen LogP contribution in [0, 0.1) is 11.7 Å². The van der Waals surface area contributed by atoms with Crippen molar-refractivity contribution < 1.29 is 13.9 Å². The fourth-order valence-corrected chi connectivity index (χ4v) is 2.20. The van der Waals surface area contributed by atoms with Crippen molar-refractivity contribution in [2.75, 3.05) is 13.2 Å². The Labute approximate surface area is 112 Å². The Bertz CT molecular complexity index is 416. The molecule has 2 rings (SSSR count). The topological polar surface area (TPSA) is 64.4 Å². The molecule has 0 aliphatic carbocycles. The predicted molar refractivity (Wildman–Crippen MR) is 69.8 cm³/mol. The second-order valence-electron chi connectivity index (χ2n) is 4.82. The van der Waals surface area contributed by atoms with Gasteiger partial charge >= 0.3 is 0 Å². The summed E-state index contributed by atoms with van der Waals surface area (Å²) in [5, 5.41) is 2.79. The first kappa shape index (κ1) is 14.0. The van der Waals surface area contributed by atoms with E-state index in [0.29, 0.717) is 19.8 Å². The molecule has 1 heterocycles. The molecule has 0 spiro atoms. The van der Waals surface area contributed by atoms with E-state index in [1.165, 1.54) is 12.1 Å². The number of carbonyl (C=O) groups excluding carboxylic acids is 1. The third-order valence-electron chi connectivity index (χ3n) is 3.46. The number of rotatable bonds is 4. The predicted octanol–water partition coefficient (Wildman–Crippen LogP) is 1.20. The number of amides is 1. The zero-order chi connectivity index (χ0) is 13.7. The normalized spacial score (nSPS) is 18.0. The summed E-state index contributed by atoms with van der Waals surface area (Å²) >= 11 is 0. The summed E-state index contributed by atoms with van der Waals surface area (Å²) < 4.78 is 18.0. The number of hydrogen-bond donors (Lipinski definition) is 2. The molecule has 0 bridgehead atoms. The van der Waals surface area contributed by atoms with E-state index < -0.39 is 6.04 Å². The number of hydrogen-bond acceptors (Lipinski definition) is 3. The quantitative estimate of drug-likeness (QED) is 0.860. The monoisotopic (exact) mass is 266 g/mol. The van der Waals surface area contributed by atoms with Crippen LogP contribution < -0.4 is 11.1 Å². The van der Waals surface area contributed by atoms with Crippen molar-refractivity contribution in [3.8, 4) is 0 Å². The summed E-state index contributed by atoms with van der Waals surface area (Å²) in [6.45, 7) is 1.71. The van der Waals surface area contributed by atoms with Crippen molar-refractivity contribution in [3.05, 3.63) is 35.6 Å². The van der Waals surface area contributed by atoms with Gasteiger partial charge in [-0.25, -0.2) is 4.39 Å². The van der Waals surface area contributed by atoms with Gasteiger partial charge < -0.3 is 15.8 Å². The molecule has 1 fully saturated rings. The highest BCUT2D eigenvalue weighted by Gasteiger charge is 2.26. The highest BCUT2D eigenvalue weighted by molar-refractivity contribution is 5.81. The highest BCUT2D eigenvalue weighted by atomic mass is 19.1. The first-order valence-electron chi connectivity index (χ1n) is 6.52. The van der Waals surface area contributed by atoms with Crippen molar-refractivity contribution >= 4 is 5.91 Å². The lowest BCUT2D eigenvalue weighted by Gasteiger charge is -2.26. The van der Waals surface area contributed by atoms with Crippen LogP contribution in [0.5, 0.6) is 0 Å². The van der Waals surface area contributed by atoms with Gasteiger partial charge in [0.1, 0.15) is 5.82 Å². The lowest BCUT2D eigenvalue weighted by molar-refractivity contribution is -0.124. The average Bonchev–Trinajstić information content (AvgIpc) is 2.46. The minimum Gasteiger partial charge on any atom is -0.381 e. The van der Waals surface area contributed by atoms with Crippen LogP contribution in [0.3, 0.4) is 0 Å². The van der Waals surface area contributed by atoms with Gasteiger partial charge in [0.05, 0.1) is 6.04 Å². The number of nitrogens with one attached hydrogen (secondary N) is 1. The molecule has 1 aromatic carbocycles. The van der Waals surface area contributed by atoms with Crippen molar-refractivity contribution in [2.45, 2.75) is 25.4 Å². The molecule has 1 unspecified atom stereocenters. The fourth-order valence-electron chi connectivity index (χ4n) is 2.20. The van der Waals surface area contributed by atoms with Crippen LogP contribution in [0.4, 0.5) is 4.39 Å². The molecule has 1 aliphatic rings. The van der Waals surface area contributed by atoms with E-state index in [1.54, 1.807) is 12.1 Å². The molecule has 3 N–H and O–H groups in total. The summed E-state index contributed by atoms with van der Waals surface area (Å²) in [6.07, 6.45) is 1.65. The van der Waals surface area contributed by atoms with Crippen molar-refractivity contribution in [3.63, 3.8) is 0 Å². The van der Waals surface area contributed by atoms with E-state index in [1.807, 2.05) is 0 Å². The summed E-state index contributed by atoms with van der Waals surface area (Å²) in [5.74, 6) is -0.257. The van der Waals surface area contributed by atoms with Gasteiger partial charge in [-0.3, -0.25) is 4.79 Å². The SMILES string of the molecule is NC(C(=O)NCc1ccc(F)cc1)C1CCOCC1. The standard InChI is InChI=1S/C14H19FN2O2/c15-12-3-1-10(2-4-12)9-17-14(18)13(16)11-5-7-19-8-6-11/h1-4,11,13H,5-9,16H2,(H,17,18). The highest BCUT2D eigenvalue weighted by Crippen LogP contribution is 2.17. The number of carbonyl (C=O) groups is 1. The minimum absolute atomic E-state index is 0.156. The van der Waals surface area contributed by atoms with Crippen LogP contribution in [0.25, 0.3) is 0 Å². The van der Waals surface area contributed by atoms with Crippen molar-refractivity contribution in [1.82, 2.24) is 5.32 Å². The largest absolute Gasteiger partial charge is 0.381 e. The Morgan fingerprint density at radius 3 is 2.63 bits per heavy atom. The molecule has 19 heavy (non-hydrogen) atoms. The van der Waals surface area contributed by atoms with Crippen LogP contribution >= 0.6 is 0 Å². The van der Waals surface area contributed by atoms with Crippen LogP contribution in [-0.4, -0.2) is 25.2 Å². The van der Waals surface area contributed by atoms with Gasteiger partial charge in [0.15, 0.2) is 0 Å². The van der Waals surface area contributed by atoms with Gasteiger partial charge in [-0.05, 0) is 36.5 Å². The molecule has 1 aliphatic heterocycles. The minimum atomic E-state index is -0.496. The molecule has 1 amide bonds. The van der Waals surface area contributed by atoms with Crippen LogP contribution in [-0.2, 0) is 16.1 Å². The zero-order valence-electron chi connectivity index (χ0n) is 10.8. The van der Waals surface area contributed by atoms with E-state index in [9.17, 15) is 9.18 Å². The maximum atomic E-state index is 12.7. The van der Waals surface area contributed by atoms with Gasteiger partial charge in [-0.2, -0.15) is 0 Å². The Morgan fingerprint density at radius 1 is 1.37 bits per heavy atom. The van der Waals surface area contributed by atoms with Crippen molar-refractivity contribution in [1.29, 1.82) is 0 Å². The molecule has 0 aromatic heterocycles. The van der Waals surface area contributed by atoms with Crippen LogP contribution in [0.1, 0.15) is 18.4 Å². The Kier molecular flexibility index (Phi) is 4.87. The molecule has 0 saturated carbocycles. The Morgan fingerprint density at radius 2 is 2.00 bits per heavy atom. The van der Waals surface area contributed by atoms with Gasteiger partial charge in [-0.1, -0.05) is 12.1 Å². The maximum absolute atomic E-state index is 12.7. The van der Waals surface area contributed by atoms with E-state index in [-0.39, 0.29) is 17.6 Å². The summed E-state index contributed by atoms with van der Waals surface area (Å²) in [6, 6.07) is 5.55. The molecule has 1 saturated heterocycles. The lowest BCUT2D eigenvalue weighted by Crippen LogP contribution is -2.46. The first-order valence-corrected chi connectivity index (χ1v) is 6.52. The van der Waals surface area contributed by atoms with Gasteiger partial charge in [0.2, 0.25) is 5.91 Å². The smallest absolute Gasteiger partial charge is 0.237 e. The second kappa shape index (κ2) is 6.63. The molecular formula is C14H19FN2O2. The summed E-state index contributed by atoms with van der Waals surface area (Å²) in [7, 11) is 0. The number of halogens is 1. The van der Waals surface area contributed by atoms with Gasteiger partial charge in [0.25, 0.3) is 0 Å². The maximum Gasteiger partial charge on any atom is 0.237 e. The first-order chi connectivity index (χ1) is 9.16. The molecule has 1 aromatic rings. The summed E-state index contributed by atoms with van der Waals surface area (Å²) in [4.78, 5) is 11.9. The number of ether oxygens (including phenoxy) is 1. The lowest BCUT2D eigenvalue weighted by atomic mass is 9.92. The summed E-state index contributed by atoms with van der Waals surface area (Å²) in [5.41, 5.74) is 6.81. The van der Waals surface area contributed by atoms with Crippen molar-refractivity contribution in [2.24, 2.45) is 11.7 Å².